The van der Waals surface area contributed by atoms with Gasteiger partial charge in [-0.05, 0) is 31.9 Å². The van der Waals surface area contributed by atoms with Crippen molar-refractivity contribution in [2.45, 2.75) is 39.2 Å². The van der Waals surface area contributed by atoms with Gasteiger partial charge in [0.15, 0.2) is 5.78 Å². The zero-order valence-corrected chi connectivity index (χ0v) is 10.5. The summed E-state index contributed by atoms with van der Waals surface area (Å²) in [6, 6.07) is 7.81. The molecule has 0 atom stereocenters. The van der Waals surface area contributed by atoms with E-state index < -0.39 is 0 Å². The van der Waals surface area contributed by atoms with Crippen LogP contribution in [0.5, 0.6) is 0 Å². The monoisotopic (exact) mass is 220 g/mol. The molecule has 0 aliphatic rings. The molecule has 0 unspecified atom stereocenters. The third-order valence-corrected chi connectivity index (χ3v) is 2.80. The molecule has 0 aliphatic carbocycles. The topological polar surface area (TPSA) is 26.3 Å². The predicted molar refractivity (Wildman–Crippen MR) is 65.9 cm³/mol. The van der Waals surface area contributed by atoms with Gasteiger partial charge >= 0.3 is 0 Å². The first-order valence-corrected chi connectivity index (χ1v) is 5.66. The number of aryl methyl sites for hydroxylation is 1. The molecule has 0 saturated heterocycles. The number of Topliss-reactive ketones (excluding diaryl/α,β-unsaturated/α-hetero) is 1. The number of ether oxygens (including phenoxy) is 1. The van der Waals surface area contributed by atoms with E-state index in [-0.39, 0.29) is 11.4 Å². The Bertz CT molecular complexity index is 367. The normalized spacial score (nSPS) is 11.5. The number of ketones is 1. The second-order valence-corrected chi connectivity index (χ2v) is 4.62. The van der Waals surface area contributed by atoms with Gasteiger partial charge in [0.25, 0.3) is 0 Å². The summed E-state index contributed by atoms with van der Waals surface area (Å²) in [5.41, 5.74) is 1.59. The molecule has 0 fully saturated rings. The first-order chi connectivity index (χ1) is 7.48. The largest absolute Gasteiger partial charge is 0.378 e. The van der Waals surface area contributed by atoms with Crippen LogP contribution >= 0.6 is 0 Å². The van der Waals surface area contributed by atoms with Crippen molar-refractivity contribution in [2.75, 3.05) is 7.11 Å². The maximum absolute atomic E-state index is 12.0. The first-order valence-electron chi connectivity index (χ1n) is 5.66. The van der Waals surface area contributed by atoms with Crippen LogP contribution in [0.15, 0.2) is 24.3 Å². The summed E-state index contributed by atoms with van der Waals surface area (Å²) in [5, 5.41) is 0. The van der Waals surface area contributed by atoms with Gasteiger partial charge in [0.2, 0.25) is 0 Å². The highest BCUT2D eigenvalue weighted by atomic mass is 16.5. The molecule has 0 heterocycles. The van der Waals surface area contributed by atoms with Crippen molar-refractivity contribution >= 4 is 5.78 Å². The lowest BCUT2D eigenvalue weighted by Gasteiger charge is -2.21. The van der Waals surface area contributed by atoms with Crippen LogP contribution in [0.4, 0.5) is 0 Å². The quantitative estimate of drug-likeness (QED) is 0.712. The summed E-state index contributed by atoms with van der Waals surface area (Å²) in [4.78, 5) is 12.0. The van der Waals surface area contributed by atoms with Crippen LogP contribution in [0.25, 0.3) is 0 Å². The molecule has 0 bridgehead atoms. The molecule has 0 N–H and O–H groups in total. The van der Waals surface area contributed by atoms with Crippen molar-refractivity contribution in [3.63, 3.8) is 0 Å². The minimum Gasteiger partial charge on any atom is -0.378 e. The zero-order chi connectivity index (χ0) is 12.2. The molecule has 1 aromatic rings. The second-order valence-electron chi connectivity index (χ2n) is 4.62. The van der Waals surface area contributed by atoms with E-state index in [2.05, 4.69) is 6.92 Å². The van der Waals surface area contributed by atoms with Gasteiger partial charge in [0.05, 0.1) is 5.60 Å². The Morgan fingerprint density at radius 1 is 1.38 bits per heavy atom. The van der Waals surface area contributed by atoms with Crippen molar-refractivity contribution in [3.8, 4) is 0 Å². The minimum absolute atomic E-state index is 0.141. The van der Waals surface area contributed by atoms with Crippen LogP contribution in [0.2, 0.25) is 0 Å². The average Bonchev–Trinajstić information content (AvgIpc) is 2.28. The molecule has 0 aliphatic heterocycles. The van der Waals surface area contributed by atoms with Crippen molar-refractivity contribution in [1.29, 1.82) is 0 Å². The van der Waals surface area contributed by atoms with Gasteiger partial charge in [0.1, 0.15) is 0 Å². The van der Waals surface area contributed by atoms with Crippen LogP contribution in [0.3, 0.4) is 0 Å². The summed E-state index contributed by atoms with van der Waals surface area (Å²) in [5.74, 6) is 0.141. The fourth-order valence-electron chi connectivity index (χ4n) is 1.53. The molecule has 16 heavy (non-hydrogen) atoms. The van der Waals surface area contributed by atoms with Gasteiger partial charge in [0, 0.05) is 19.1 Å². The van der Waals surface area contributed by atoms with Crippen molar-refractivity contribution in [2.24, 2.45) is 0 Å². The van der Waals surface area contributed by atoms with Gasteiger partial charge in [-0.3, -0.25) is 4.79 Å². The van der Waals surface area contributed by atoms with Crippen LogP contribution in [-0.4, -0.2) is 18.5 Å². The summed E-state index contributed by atoms with van der Waals surface area (Å²) in [6.07, 6.45) is 1.37. The fourth-order valence-corrected chi connectivity index (χ4v) is 1.53. The molecular weight excluding hydrogens is 200 g/mol. The van der Waals surface area contributed by atoms with Gasteiger partial charge in [-0.1, -0.05) is 25.1 Å². The van der Waals surface area contributed by atoms with E-state index in [1.807, 2.05) is 38.1 Å². The summed E-state index contributed by atoms with van der Waals surface area (Å²) >= 11 is 0. The lowest BCUT2D eigenvalue weighted by atomic mass is 9.96. The highest BCUT2D eigenvalue weighted by Crippen LogP contribution is 2.17. The lowest BCUT2D eigenvalue weighted by molar-refractivity contribution is 0.0172. The Labute approximate surface area is 97.6 Å². The van der Waals surface area contributed by atoms with E-state index in [0.717, 1.165) is 12.0 Å². The molecule has 2 nitrogen and oxygen atoms in total. The molecule has 1 rings (SSSR count). The molecule has 2 heteroatoms. The standard InChI is InChI=1S/C14H20O2/c1-5-11-7-6-8-12(9-11)13(15)10-14(2,3)16-4/h6-9H,5,10H2,1-4H3. The number of benzene rings is 1. The van der Waals surface area contributed by atoms with Gasteiger partial charge in [-0.25, -0.2) is 0 Å². The van der Waals surface area contributed by atoms with E-state index in [9.17, 15) is 4.79 Å². The smallest absolute Gasteiger partial charge is 0.165 e. The Morgan fingerprint density at radius 2 is 2.06 bits per heavy atom. The number of hydrogen-bond acceptors (Lipinski definition) is 2. The molecule has 1 aromatic carbocycles. The van der Waals surface area contributed by atoms with E-state index in [0.29, 0.717) is 6.42 Å². The van der Waals surface area contributed by atoms with E-state index in [4.69, 9.17) is 4.74 Å². The van der Waals surface area contributed by atoms with Gasteiger partial charge in [-0.2, -0.15) is 0 Å². The highest BCUT2D eigenvalue weighted by molar-refractivity contribution is 5.96. The predicted octanol–water partition coefficient (Wildman–Crippen LogP) is 3.25. The summed E-state index contributed by atoms with van der Waals surface area (Å²) in [7, 11) is 1.63. The fraction of sp³-hybridized carbons (Fsp3) is 0.500. The molecule has 0 aromatic heterocycles. The molecule has 0 saturated carbocycles. The minimum atomic E-state index is -0.390. The van der Waals surface area contributed by atoms with Crippen LogP contribution in [0.1, 0.15) is 43.1 Å². The molecule has 0 spiro atoms. The Hall–Kier alpha value is -1.15. The number of rotatable bonds is 5. The van der Waals surface area contributed by atoms with E-state index in [1.165, 1.54) is 5.56 Å². The second kappa shape index (κ2) is 5.26. The molecule has 0 amide bonds. The van der Waals surface area contributed by atoms with Crippen molar-refractivity contribution in [1.82, 2.24) is 0 Å². The number of hydrogen-bond donors (Lipinski definition) is 0. The average molecular weight is 220 g/mol. The summed E-state index contributed by atoms with van der Waals surface area (Å²) in [6.45, 7) is 5.94. The highest BCUT2D eigenvalue weighted by Gasteiger charge is 2.21. The number of carbonyl (C=O) groups is 1. The van der Waals surface area contributed by atoms with Crippen LogP contribution in [-0.2, 0) is 11.2 Å². The molecule has 0 radical (unpaired) electrons. The Balaban J connectivity index is 2.80. The zero-order valence-electron chi connectivity index (χ0n) is 10.5. The van der Waals surface area contributed by atoms with Crippen molar-refractivity contribution < 1.29 is 9.53 Å². The van der Waals surface area contributed by atoms with Crippen molar-refractivity contribution in [3.05, 3.63) is 35.4 Å². The maximum atomic E-state index is 12.0. The third kappa shape index (κ3) is 3.46. The lowest BCUT2D eigenvalue weighted by Crippen LogP contribution is -2.26. The number of methoxy groups -OCH3 is 1. The van der Waals surface area contributed by atoms with Gasteiger partial charge in [-0.15, -0.1) is 0 Å². The SMILES string of the molecule is CCc1cccc(C(=O)CC(C)(C)OC)c1. The Kier molecular flexibility index (Phi) is 4.25. The van der Waals surface area contributed by atoms with E-state index >= 15 is 0 Å². The molecule has 88 valence electrons. The first kappa shape index (κ1) is 12.9. The van der Waals surface area contributed by atoms with E-state index in [1.54, 1.807) is 7.11 Å². The third-order valence-electron chi connectivity index (χ3n) is 2.80. The van der Waals surface area contributed by atoms with Crippen LogP contribution < -0.4 is 0 Å². The summed E-state index contributed by atoms with van der Waals surface area (Å²) < 4.78 is 5.27. The maximum Gasteiger partial charge on any atom is 0.165 e. The Morgan fingerprint density at radius 3 is 2.62 bits per heavy atom. The van der Waals surface area contributed by atoms with Gasteiger partial charge < -0.3 is 4.74 Å². The molecular formula is C14H20O2. The van der Waals surface area contributed by atoms with Crippen LogP contribution in [0, 0.1) is 0 Å². The number of carbonyl (C=O) groups excluding carboxylic acids is 1.